The van der Waals surface area contributed by atoms with Crippen LogP contribution in [0.1, 0.15) is 27.2 Å². The maximum absolute atomic E-state index is 12.9. The number of thiophene rings is 1. The van der Waals surface area contributed by atoms with Crippen molar-refractivity contribution >= 4 is 38.1 Å². The third kappa shape index (κ3) is 4.47. The molecule has 0 bridgehead atoms. The Bertz CT molecular complexity index is 933. The molecule has 2 rings (SSSR count). The van der Waals surface area contributed by atoms with Gasteiger partial charge in [-0.3, -0.25) is 4.79 Å². The van der Waals surface area contributed by atoms with Gasteiger partial charge in [0.15, 0.2) is 9.84 Å². The van der Waals surface area contributed by atoms with Crippen molar-refractivity contribution in [2.75, 3.05) is 18.2 Å². The Labute approximate surface area is 154 Å². The molecule has 1 aromatic heterocycles. The Morgan fingerprint density at radius 3 is 2.38 bits per heavy atom. The topological polar surface area (TPSA) is 89.5 Å². The summed E-state index contributed by atoms with van der Waals surface area (Å²) in [5.41, 5.74) is 0.973. The number of sulfone groups is 1. The van der Waals surface area contributed by atoms with E-state index in [0.717, 1.165) is 29.1 Å². The van der Waals surface area contributed by atoms with Gasteiger partial charge in [0.05, 0.1) is 23.3 Å². The van der Waals surface area contributed by atoms with Gasteiger partial charge in [-0.2, -0.15) is 0 Å². The molecule has 26 heavy (non-hydrogen) atoms. The highest BCUT2D eigenvalue weighted by Gasteiger charge is 2.22. The van der Waals surface area contributed by atoms with Crippen molar-refractivity contribution in [3.63, 3.8) is 0 Å². The van der Waals surface area contributed by atoms with Crippen LogP contribution in [0.15, 0.2) is 29.2 Å². The first-order chi connectivity index (χ1) is 12.2. The predicted octanol–water partition coefficient (Wildman–Crippen LogP) is 3.09. The molecular formula is C17H18FNO5S2. The zero-order valence-electron chi connectivity index (χ0n) is 14.5. The normalized spacial score (nSPS) is 11.2. The van der Waals surface area contributed by atoms with Gasteiger partial charge in [0.1, 0.15) is 10.8 Å². The molecule has 1 amide bonds. The first kappa shape index (κ1) is 20.1. The number of rotatable bonds is 6. The summed E-state index contributed by atoms with van der Waals surface area (Å²) in [5.74, 6) is -2.08. The van der Waals surface area contributed by atoms with E-state index in [0.29, 0.717) is 10.6 Å². The molecule has 1 aromatic carbocycles. The number of carbonyl (C=O) groups excluding carboxylic acids is 2. The summed E-state index contributed by atoms with van der Waals surface area (Å²) in [6, 6.07) is 4.41. The second-order valence-electron chi connectivity index (χ2n) is 5.55. The minimum Gasteiger partial charge on any atom is -0.465 e. The Morgan fingerprint density at radius 2 is 1.81 bits per heavy atom. The molecule has 6 nitrogen and oxygen atoms in total. The molecule has 0 aliphatic heterocycles. The van der Waals surface area contributed by atoms with Crippen molar-refractivity contribution in [3.05, 3.63) is 46.1 Å². The van der Waals surface area contributed by atoms with E-state index < -0.39 is 33.3 Å². The highest BCUT2D eigenvalue weighted by atomic mass is 32.2. The second-order valence-corrected chi connectivity index (χ2v) is 8.88. The number of anilines is 1. The van der Waals surface area contributed by atoms with Crippen LogP contribution >= 0.6 is 11.3 Å². The molecule has 1 N–H and O–H groups in total. The van der Waals surface area contributed by atoms with Crippen LogP contribution in [0.25, 0.3) is 0 Å². The molecule has 0 unspecified atom stereocenters. The van der Waals surface area contributed by atoms with Gasteiger partial charge in [-0.15, -0.1) is 11.3 Å². The Balaban J connectivity index is 2.09. The number of ether oxygens (including phenoxy) is 1. The molecule has 0 atom stereocenters. The molecule has 0 saturated carbocycles. The number of carbonyl (C=O) groups is 2. The van der Waals surface area contributed by atoms with E-state index in [1.807, 2.05) is 0 Å². The summed E-state index contributed by atoms with van der Waals surface area (Å²) in [6.07, 6.45) is -0.295. The minimum atomic E-state index is -3.71. The van der Waals surface area contributed by atoms with Gasteiger partial charge in [0, 0.05) is 11.3 Å². The molecule has 0 aliphatic carbocycles. The molecular weight excluding hydrogens is 381 g/mol. The molecule has 1 heterocycles. The minimum absolute atomic E-state index is 0.0511. The number of nitrogens with one attached hydrogen (secondary N) is 1. The lowest BCUT2D eigenvalue weighted by Crippen LogP contribution is -2.18. The molecule has 2 aromatic rings. The fourth-order valence-electron chi connectivity index (χ4n) is 2.24. The van der Waals surface area contributed by atoms with Gasteiger partial charge in [-0.1, -0.05) is 0 Å². The van der Waals surface area contributed by atoms with Crippen LogP contribution in [0.2, 0.25) is 0 Å². The molecule has 0 saturated heterocycles. The average molecular weight is 399 g/mol. The summed E-state index contributed by atoms with van der Waals surface area (Å²) in [4.78, 5) is 24.8. The SMILES string of the molecule is COC(=O)c1c(NC(=O)CCS(=O)(=O)c2ccc(F)cc2)sc(C)c1C. The van der Waals surface area contributed by atoms with E-state index in [4.69, 9.17) is 4.74 Å². The molecule has 9 heteroatoms. The number of hydrogen-bond acceptors (Lipinski definition) is 6. The highest BCUT2D eigenvalue weighted by Crippen LogP contribution is 2.33. The lowest BCUT2D eigenvalue weighted by Gasteiger charge is -2.07. The molecule has 0 spiro atoms. The Morgan fingerprint density at radius 1 is 1.19 bits per heavy atom. The second kappa shape index (κ2) is 7.96. The van der Waals surface area contributed by atoms with E-state index in [-0.39, 0.29) is 16.9 Å². The number of amides is 1. The summed E-state index contributed by atoms with van der Waals surface area (Å²) in [7, 11) is -2.47. The third-order valence-electron chi connectivity index (χ3n) is 3.80. The van der Waals surface area contributed by atoms with Gasteiger partial charge < -0.3 is 10.1 Å². The van der Waals surface area contributed by atoms with E-state index in [1.165, 1.54) is 18.4 Å². The van der Waals surface area contributed by atoms with Crippen molar-refractivity contribution in [2.24, 2.45) is 0 Å². The number of halogens is 1. The summed E-state index contributed by atoms with van der Waals surface area (Å²) in [6.45, 7) is 3.55. The van der Waals surface area contributed by atoms with Gasteiger partial charge in [0.25, 0.3) is 0 Å². The van der Waals surface area contributed by atoms with Crippen LogP contribution in [-0.4, -0.2) is 33.2 Å². The third-order valence-corrected chi connectivity index (χ3v) is 6.65. The fraction of sp³-hybridized carbons (Fsp3) is 0.294. The van der Waals surface area contributed by atoms with E-state index in [9.17, 15) is 22.4 Å². The molecule has 0 fully saturated rings. The average Bonchev–Trinajstić information content (AvgIpc) is 2.87. The van der Waals surface area contributed by atoms with Crippen LogP contribution < -0.4 is 5.32 Å². The van der Waals surface area contributed by atoms with E-state index >= 15 is 0 Å². The largest absolute Gasteiger partial charge is 0.465 e. The smallest absolute Gasteiger partial charge is 0.341 e. The van der Waals surface area contributed by atoms with Gasteiger partial charge in [0.2, 0.25) is 5.91 Å². The monoisotopic (exact) mass is 399 g/mol. The van der Waals surface area contributed by atoms with Crippen LogP contribution in [-0.2, 0) is 19.4 Å². The van der Waals surface area contributed by atoms with Gasteiger partial charge >= 0.3 is 5.97 Å². The van der Waals surface area contributed by atoms with Gasteiger partial charge in [-0.25, -0.2) is 17.6 Å². The van der Waals surface area contributed by atoms with Crippen LogP contribution in [0.3, 0.4) is 0 Å². The zero-order valence-corrected chi connectivity index (χ0v) is 16.1. The number of benzene rings is 1. The molecule has 0 aliphatic rings. The standard InChI is InChI=1S/C17H18FNO5S2/c1-10-11(2)25-16(15(10)17(21)24-3)19-14(20)8-9-26(22,23)13-6-4-12(18)5-7-13/h4-7H,8-9H2,1-3H3,(H,19,20). The maximum atomic E-state index is 12.9. The van der Waals surface area contributed by atoms with Crippen molar-refractivity contribution in [1.29, 1.82) is 0 Å². The number of esters is 1. The van der Waals surface area contributed by atoms with Crippen LogP contribution in [0.4, 0.5) is 9.39 Å². The van der Waals surface area contributed by atoms with E-state index in [1.54, 1.807) is 13.8 Å². The van der Waals surface area contributed by atoms with Crippen molar-refractivity contribution in [3.8, 4) is 0 Å². The number of hydrogen-bond donors (Lipinski definition) is 1. The molecule has 140 valence electrons. The number of aryl methyl sites for hydroxylation is 1. The fourth-order valence-corrected chi connectivity index (χ4v) is 4.54. The zero-order chi connectivity index (χ0) is 19.5. The first-order valence-electron chi connectivity index (χ1n) is 7.62. The lowest BCUT2D eigenvalue weighted by atomic mass is 10.1. The first-order valence-corrected chi connectivity index (χ1v) is 10.1. The number of methoxy groups -OCH3 is 1. The van der Waals surface area contributed by atoms with Crippen molar-refractivity contribution in [2.45, 2.75) is 25.2 Å². The Hall–Kier alpha value is -2.26. The van der Waals surface area contributed by atoms with Crippen molar-refractivity contribution < 1.29 is 27.1 Å². The summed E-state index contributed by atoms with van der Waals surface area (Å²) >= 11 is 1.22. The molecule has 0 radical (unpaired) electrons. The predicted molar refractivity (Wildman–Crippen MR) is 96.8 cm³/mol. The quantitative estimate of drug-likeness (QED) is 0.596. The lowest BCUT2D eigenvalue weighted by molar-refractivity contribution is -0.115. The summed E-state index contributed by atoms with van der Waals surface area (Å²) in [5, 5.41) is 2.90. The van der Waals surface area contributed by atoms with Crippen molar-refractivity contribution in [1.82, 2.24) is 0 Å². The van der Waals surface area contributed by atoms with Crippen LogP contribution in [0, 0.1) is 19.7 Å². The van der Waals surface area contributed by atoms with E-state index in [2.05, 4.69) is 5.32 Å². The Kier molecular flexibility index (Phi) is 6.14. The summed E-state index contributed by atoms with van der Waals surface area (Å²) < 4.78 is 42.0. The maximum Gasteiger partial charge on any atom is 0.341 e. The van der Waals surface area contributed by atoms with Crippen LogP contribution in [0.5, 0.6) is 0 Å². The highest BCUT2D eigenvalue weighted by molar-refractivity contribution is 7.91. The van der Waals surface area contributed by atoms with Gasteiger partial charge in [-0.05, 0) is 43.7 Å².